The van der Waals surface area contributed by atoms with E-state index in [0.29, 0.717) is 5.92 Å². The maximum atomic E-state index is 13.9. The van der Waals surface area contributed by atoms with Crippen LogP contribution in [0, 0.1) is 24.1 Å². The molecule has 1 saturated heterocycles. The highest BCUT2D eigenvalue weighted by Gasteiger charge is 2.31. The van der Waals surface area contributed by atoms with E-state index in [9.17, 15) is 9.18 Å². The second-order valence-electron chi connectivity index (χ2n) is 6.92. The summed E-state index contributed by atoms with van der Waals surface area (Å²) in [7, 11) is 0. The van der Waals surface area contributed by atoms with Gasteiger partial charge in [0.05, 0.1) is 5.56 Å². The summed E-state index contributed by atoms with van der Waals surface area (Å²) in [4.78, 5) is 14.2. The van der Waals surface area contributed by atoms with E-state index in [4.69, 9.17) is 0 Å². The van der Waals surface area contributed by atoms with Crippen LogP contribution in [0.3, 0.4) is 0 Å². The molecule has 110 valence electrons. The van der Waals surface area contributed by atoms with Crippen LogP contribution in [0.1, 0.15) is 49.5 Å². The smallest absolute Gasteiger partial charge is 0.256 e. The number of piperidine rings is 1. The predicted molar refractivity (Wildman–Crippen MR) is 79.2 cm³/mol. The van der Waals surface area contributed by atoms with Gasteiger partial charge in [-0.3, -0.25) is 4.79 Å². The Morgan fingerprint density at radius 1 is 1.25 bits per heavy atom. The van der Waals surface area contributed by atoms with E-state index in [1.54, 1.807) is 17.0 Å². The Balaban J connectivity index is 2.05. The molecular weight excluding hydrogens is 253 g/mol. The molecule has 0 atom stereocenters. The Morgan fingerprint density at radius 3 is 2.35 bits per heavy atom. The quantitative estimate of drug-likeness (QED) is 0.759. The number of amides is 1. The zero-order valence-electron chi connectivity index (χ0n) is 12.9. The van der Waals surface area contributed by atoms with Gasteiger partial charge in [-0.15, -0.1) is 0 Å². The van der Waals surface area contributed by atoms with Crippen LogP contribution in [-0.2, 0) is 0 Å². The lowest BCUT2D eigenvalue weighted by atomic mass is 9.75. The van der Waals surface area contributed by atoms with Gasteiger partial charge < -0.3 is 4.90 Å². The molecule has 0 N–H and O–H groups in total. The number of carbonyl (C=O) groups is 1. The fourth-order valence-electron chi connectivity index (χ4n) is 2.91. The average Bonchev–Trinajstić information content (AvgIpc) is 2.37. The number of aryl methyl sites for hydroxylation is 1. The molecule has 0 spiro atoms. The number of likely N-dealkylation sites (tertiary alicyclic amines) is 1. The van der Waals surface area contributed by atoms with Crippen molar-refractivity contribution >= 4 is 5.91 Å². The molecule has 0 aromatic heterocycles. The molecule has 2 rings (SSSR count). The summed E-state index contributed by atoms with van der Waals surface area (Å²) in [5.74, 6) is 0.0530. The van der Waals surface area contributed by atoms with Crippen molar-refractivity contribution in [3.8, 4) is 0 Å². The zero-order chi connectivity index (χ0) is 14.9. The fourth-order valence-corrected chi connectivity index (χ4v) is 2.91. The first kappa shape index (κ1) is 15.0. The minimum Gasteiger partial charge on any atom is -0.339 e. The topological polar surface area (TPSA) is 20.3 Å². The first-order valence-electron chi connectivity index (χ1n) is 7.34. The molecule has 0 bridgehead atoms. The molecule has 1 aromatic rings. The molecule has 1 fully saturated rings. The van der Waals surface area contributed by atoms with Gasteiger partial charge in [-0.05, 0) is 48.8 Å². The number of benzene rings is 1. The van der Waals surface area contributed by atoms with Gasteiger partial charge in [-0.2, -0.15) is 0 Å². The number of rotatable bonds is 1. The van der Waals surface area contributed by atoms with Crippen molar-refractivity contribution in [2.24, 2.45) is 11.3 Å². The van der Waals surface area contributed by atoms with Crippen molar-refractivity contribution in [3.05, 3.63) is 35.1 Å². The summed E-state index contributed by atoms with van der Waals surface area (Å²) in [6.45, 7) is 10.0. The monoisotopic (exact) mass is 277 g/mol. The first-order valence-corrected chi connectivity index (χ1v) is 7.34. The second kappa shape index (κ2) is 5.55. The zero-order valence-corrected chi connectivity index (χ0v) is 12.9. The second-order valence-corrected chi connectivity index (χ2v) is 6.92. The van der Waals surface area contributed by atoms with E-state index in [1.807, 2.05) is 6.92 Å². The van der Waals surface area contributed by atoms with Crippen molar-refractivity contribution in [1.82, 2.24) is 4.90 Å². The van der Waals surface area contributed by atoms with E-state index in [1.165, 1.54) is 6.07 Å². The molecule has 3 heteroatoms. The maximum absolute atomic E-state index is 13.9. The Kier molecular flexibility index (Phi) is 4.17. The van der Waals surface area contributed by atoms with Crippen LogP contribution in [0.2, 0.25) is 0 Å². The molecule has 2 nitrogen and oxygen atoms in total. The van der Waals surface area contributed by atoms with Gasteiger partial charge in [-0.1, -0.05) is 26.8 Å². The third kappa shape index (κ3) is 3.20. The van der Waals surface area contributed by atoms with E-state index in [2.05, 4.69) is 20.8 Å². The van der Waals surface area contributed by atoms with E-state index in [0.717, 1.165) is 31.5 Å². The molecule has 1 aromatic carbocycles. The van der Waals surface area contributed by atoms with Crippen molar-refractivity contribution in [2.75, 3.05) is 13.1 Å². The van der Waals surface area contributed by atoms with Gasteiger partial charge >= 0.3 is 0 Å². The number of hydrogen-bond donors (Lipinski definition) is 0. The standard InChI is InChI=1S/C17H24FNO/c1-12-5-6-14(15(18)11-12)16(20)19-9-7-13(8-10-19)17(2,3)4/h5-6,11,13H,7-10H2,1-4H3. The van der Waals surface area contributed by atoms with Gasteiger partial charge in [0.1, 0.15) is 5.82 Å². The lowest BCUT2D eigenvalue weighted by Crippen LogP contribution is -2.41. The van der Waals surface area contributed by atoms with Gasteiger partial charge in [-0.25, -0.2) is 4.39 Å². The van der Waals surface area contributed by atoms with Crippen molar-refractivity contribution in [3.63, 3.8) is 0 Å². The molecule has 1 aliphatic heterocycles. The number of halogens is 1. The number of nitrogens with zero attached hydrogens (tertiary/aromatic N) is 1. The summed E-state index contributed by atoms with van der Waals surface area (Å²) < 4.78 is 13.9. The van der Waals surface area contributed by atoms with Crippen LogP contribution in [0.4, 0.5) is 4.39 Å². The third-order valence-electron chi connectivity index (χ3n) is 4.36. The highest BCUT2D eigenvalue weighted by atomic mass is 19.1. The summed E-state index contributed by atoms with van der Waals surface area (Å²) in [6, 6.07) is 4.82. The molecule has 1 heterocycles. The number of hydrogen-bond acceptors (Lipinski definition) is 1. The predicted octanol–water partition coefficient (Wildman–Crippen LogP) is 4.03. The fraction of sp³-hybridized carbons (Fsp3) is 0.588. The van der Waals surface area contributed by atoms with Crippen LogP contribution < -0.4 is 0 Å². The summed E-state index contributed by atoms with van der Waals surface area (Å²) >= 11 is 0. The maximum Gasteiger partial charge on any atom is 0.256 e. The highest BCUT2D eigenvalue weighted by molar-refractivity contribution is 5.94. The van der Waals surface area contributed by atoms with Crippen LogP contribution in [0.5, 0.6) is 0 Å². The average molecular weight is 277 g/mol. The Bertz CT molecular complexity index is 496. The van der Waals surface area contributed by atoms with E-state index < -0.39 is 5.82 Å². The van der Waals surface area contributed by atoms with Crippen molar-refractivity contribution < 1.29 is 9.18 Å². The molecule has 1 amide bonds. The lowest BCUT2D eigenvalue weighted by molar-refractivity contribution is 0.0604. The van der Waals surface area contributed by atoms with Gasteiger partial charge in [0.15, 0.2) is 0 Å². The summed E-state index contributed by atoms with van der Waals surface area (Å²) in [5, 5.41) is 0. The van der Waals surface area contributed by atoms with Gasteiger partial charge in [0, 0.05) is 13.1 Å². The van der Waals surface area contributed by atoms with Crippen LogP contribution in [-0.4, -0.2) is 23.9 Å². The summed E-state index contributed by atoms with van der Waals surface area (Å²) in [5.41, 5.74) is 1.32. The highest BCUT2D eigenvalue weighted by Crippen LogP contribution is 2.34. The van der Waals surface area contributed by atoms with E-state index in [-0.39, 0.29) is 16.9 Å². The molecule has 1 aliphatic rings. The number of carbonyl (C=O) groups excluding carboxylic acids is 1. The van der Waals surface area contributed by atoms with Crippen LogP contribution >= 0.6 is 0 Å². The molecule has 0 unspecified atom stereocenters. The van der Waals surface area contributed by atoms with Crippen LogP contribution in [0.25, 0.3) is 0 Å². The minimum absolute atomic E-state index is 0.171. The largest absolute Gasteiger partial charge is 0.339 e. The minimum atomic E-state index is -0.409. The Labute approximate surface area is 121 Å². The first-order chi connectivity index (χ1) is 9.29. The van der Waals surface area contributed by atoms with Crippen LogP contribution in [0.15, 0.2) is 18.2 Å². The van der Waals surface area contributed by atoms with Crippen molar-refractivity contribution in [1.29, 1.82) is 0 Å². The third-order valence-corrected chi connectivity index (χ3v) is 4.36. The Morgan fingerprint density at radius 2 is 1.85 bits per heavy atom. The molecule has 0 saturated carbocycles. The van der Waals surface area contributed by atoms with Gasteiger partial charge in [0.2, 0.25) is 0 Å². The van der Waals surface area contributed by atoms with E-state index >= 15 is 0 Å². The lowest BCUT2D eigenvalue weighted by Gasteiger charge is -2.38. The summed E-state index contributed by atoms with van der Waals surface area (Å²) in [6.07, 6.45) is 2.01. The molecular formula is C17H24FNO. The molecule has 0 radical (unpaired) electrons. The molecule has 0 aliphatic carbocycles. The van der Waals surface area contributed by atoms with Crippen molar-refractivity contribution in [2.45, 2.75) is 40.5 Å². The van der Waals surface area contributed by atoms with Gasteiger partial charge in [0.25, 0.3) is 5.91 Å². The Hall–Kier alpha value is -1.38. The SMILES string of the molecule is Cc1ccc(C(=O)N2CCC(C(C)(C)C)CC2)c(F)c1. The molecule has 20 heavy (non-hydrogen) atoms. The normalized spacial score (nSPS) is 17.4.